The summed E-state index contributed by atoms with van der Waals surface area (Å²) in [6.07, 6.45) is 0. The molecule has 104 valence electrons. The number of hydrogen-bond donors (Lipinski definition) is 1. The molecule has 19 heavy (non-hydrogen) atoms. The van der Waals surface area contributed by atoms with E-state index in [2.05, 4.69) is 5.32 Å². The molecule has 1 N–H and O–H groups in total. The maximum atomic E-state index is 12.1. The topological polar surface area (TPSA) is 72.2 Å². The fourth-order valence-electron chi connectivity index (χ4n) is 1.45. The van der Waals surface area contributed by atoms with Gasteiger partial charge in [-0.3, -0.25) is 14.9 Å². The Morgan fingerprint density at radius 1 is 1.37 bits per heavy atom. The van der Waals surface area contributed by atoms with E-state index in [1.807, 2.05) is 0 Å². The summed E-state index contributed by atoms with van der Waals surface area (Å²) in [5, 5.41) is 13.4. The van der Waals surface area contributed by atoms with E-state index in [0.717, 1.165) is 0 Å². The minimum atomic E-state index is -0.751. The van der Waals surface area contributed by atoms with E-state index >= 15 is 0 Å². The summed E-state index contributed by atoms with van der Waals surface area (Å²) in [4.78, 5) is 22.3. The summed E-state index contributed by atoms with van der Waals surface area (Å²) < 4.78 is 0. The van der Waals surface area contributed by atoms with Gasteiger partial charge in [0.05, 0.1) is 10.5 Å². The van der Waals surface area contributed by atoms with Gasteiger partial charge >= 0.3 is 0 Å². The fourth-order valence-corrected chi connectivity index (χ4v) is 1.87. The maximum Gasteiger partial charge on any atom is 0.270 e. The third-order valence-corrected chi connectivity index (χ3v) is 3.72. The van der Waals surface area contributed by atoms with Gasteiger partial charge in [-0.1, -0.05) is 0 Å². The molecule has 0 radical (unpaired) electrons. The van der Waals surface area contributed by atoms with Crippen molar-refractivity contribution in [1.29, 1.82) is 0 Å². The molecule has 0 bridgehead atoms. The van der Waals surface area contributed by atoms with Gasteiger partial charge in [0.2, 0.25) is 0 Å². The minimum absolute atomic E-state index is 0.122. The highest BCUT2D eigenvalue weighted by Crippen LogP contribution is 2.18. The van der Waals surface area contributed by atoms with Gasteiger partial charge in [-0.05, 0) is 25.5 Å². The molecule has 0 atom stereocenters. The molecule has 1 aromatic carbocycles. The number of aryl methyl sites for hydroxylation is 1. The third-order valence-electron chi connectivity index (χ3n) is 2.54. The SMILES string of the molecule is Cc1cc(C(=O)NC(C)(CCl)CCl)cc([N+](=O)[O-])c1. The van der Waals surface area contributed by atoms with Crippen LogP contribution in [-0.2, 0) is 0 Å². The Hall–Kier alpha value is -1.33. The highest BCUT2D eigenvalue weighted by molar-refractivity contribution is 6.22. The van der Waals surface area contributed by atoms with Gasteiger partial charge in [-0.15, -0.1) is 23.2 Å². The predicted octanol–water partition coefficient (Wildman–Crippen LogP) is 2.87. The second-order valence-electron chi connectivity index (χ2n) is 4.60. The summed E-state index contributed by atoms with van der Waals surface area (Å²) in [5.74, 6) is -0.137. The normalized spacial score (nSPS) is 11.2. The number of benzene rings is 1. The van der Waals surface area contributed by atoms with E-state index < -0.39 is 16.4 Å². The summed E-state index contributed by atoms with van der Waals surface area (Å²) in [5.41, 5.74) is -0.0202. The van der Waals surface area contributed by atoms with Crippen molar-refractivity contribution in [2.24, 2.45) is 0 Å². The van der Waals surface area contributed by atoms with Gasteiger partial charge in [0, 0.05) is 29.5 Å². The van der Waals surface area contributed by atoms with Crippen LogP contribution in [0.1, 0.15) is 22.8 Å². The monoisotopic (exact) mass is 304 g/mol. The summed E-state index contributed by atoms with van der Waals surface area (Å²) >= 11 is 11.5. The highest BCUT2D eigenvalue weighted by Gasteiger charge is 2.25. The Balaban J connectivity index is 3.03. The largest absolute Gasteiger partial charge is 0.344 e. The van der Waals surface area contributed by atoms with Gasteiger partial charge in [0.15, 0.2) is 0 Å². The number of rotatable bonds is 5. The van der Waals surface area contributed by atoms with Crippen LogP contribution in [0.2, 0.25) is 0 Å². The van der Waals surface area contributed by atoms with Crippen LogP contribution in [0, 0.1) is 17.0 Å². The van der Waals surface area contributed by atoms with E-state index in [9.17, 15) is 14.9 Å². The molecule has 0 aromatic heterocycles. The van der Waals surface area contributed by atoms with Crippen LogP contribution in [0.4, 0.5) is 5.69 Å². The Morgan fingerprint density at radius 2 is 1.95 bits per heavy atom. The lowest BCUT2D eigenvalue weighted by atomic mass is 10.1. The van der Waals surface area contributed by atoms with E-state index in [1.54, 1.807) is 19.9 Å². The highest BCUT2D eigenvalue weighted by atomic mass is 35.5. The molecule has 5 nitrogen and oxygen atoms in total. The maximum absolute atomic E-state index is 12.1. The van der Waals surface area contributed by atoms with E-state index in [4.69, 9.17) is 23.2 Å². The van der Waals surface area contributed by atoms with Crippen molar-refractivity contribution in [3.63, 3.8) is 0 Å². The van der Waals surface area contributed by atoms with Crippen LogP contribution >= 0.6 is 23.2 Å². The van der Waals surface area contributed by atoms with Crippen molar-refractivity contribution in [3.05, 3.63) is 39.4 Å². The molecule has 0 saturated heterocycles. The molecular weight excluding hydrogens is 291 g/mol. The number of nitro groups is 1. The predicted molar refractivity (Wildman–Crippen MR) is 75.1 cm³/mol. The average Bonchev–Trinajstić information content (AvgIpc) is 2.37. The van der Waals surface area contributed by atoms with Crippen LogP contribution < -0.4 is 5.32 Å². The lowest BCUT2D eigenvalue weighted by molar-refractivity contribution is -0.384. The second kappa shape index (κ2) is 6.21. The zero-order valence-corrected chi connectivity index (χ0v) is 12.1. The number of nitrogens with zero attached hydrogens (tertiary/aromatic N) is 1. The van der Waals surface area contributed by atoms with Crippen molar-refractivity contribution in [1.82, 2.24) is 5.32 Å². The molecule has 0 aliphatic carbocycles. The number of carbonyl (C=O) groups excluding carboxylic acids is 1. The van der Waals surface area contributed by atoms with Gasteiger partial charge in [0.1, 0.15) is 0 Å². The van der Waals surface area contributed by atoms with Gasteiger partial charge < -0.3 is 5.32 Å². The number of nitrogens with one attached hydrogen (secondary N) is 1. The molecule has 0 aliphatic heterocycles. The smallest absolute Gasteiger partial charge is 0.270 e. The Morgan fingerprint density at radius 3 is 2.42 bits per heavy atom. The van der Waals surface area contributed by atoms with Crippen LogP contribution in [-0.4, -0.2) is 28.1 Å². The Bertz CT molecular complexity index is 502. The molecule has 1 amide bonds. The molecule has 0 saturated carbocycles. The molecule has 0 spiro atoms. The van der Waals surface area contributed by atoms with Crippen LogP contribution in [0.25, 0.3) is 0 Å². The molecule has 7 heteroatoms. The number of nitro benzene ring substituents is 1. The lowest BCUT2D eigenvalue weighted by Gasteiger charge is -2.25. The van der Waals surface area contributed by atoms with Crippen molar-refractivity contribution < 1.29 is 9.72 Å². The third kappa shape index (κ3) is 4.08. The Labute approximate surface area is 121 Å². The Kier molecular flexibility index (Phi) is 5.14. The average molecular weight is 305 g/mol. The van der Waals surface area contributed by atoms with Crippen molar-refractivity contribution in [2.75, 3.05) is 11.8 Å². The molecular formula is C12H14Cl2N2O3. The lowest BCUT2D eigenvalue weighted by Crippen LogP contribution is -2.49. The zero-order chi connectivity index (χ0) is 14.6. The molecule has 0 unspecified atom stereocenters. The molecule has 0 heterocycles. The minimum Gasteiger partial charge on any atom is -0.344 e. The number of amides is 1. The van der Waals surface area contributed by atoms with Crippen molar-refractivity contribution in [2.45, 2.75) is 19.4 Å². The van der Waals surface area contributed by atoms with Crippen LogP contribution in [0.3, 0.4) is 0 Å². The first-order valence-electron chi connectivity index (χ1n) is 5.52. The number of hydrogen-bond acceptors (Lipinski definition) is 3. The number of halogens is 2. The number of carbonyl (C=O) groups is 1. The number of non-ortho nitro benzene ring substituents is 1. The van der Waals surface area contributed by atoms with Crippen molar-refractivity contribution in [3.8, 4) is 0 Å². The van der Waals surface area contributed by atoms with E-state index in [0.29, 0.717) is 5.56 Å². The van der Waals surface area contributed by atoms with Crippen LogP contribution in [0.5, 0.6) is 0 Å². The fraction of sp³-hybridized carbons (Fsp3) is 0.417. The van der Waals surface area contributed by atoms with Gasteiger partial charge in [0.25, 0.3) is 11.6 Å². The summed E-state index contributed by atoms with van der Waals surface area (Å²) in [6, 6.07) is 4.20. The van der Waals surface area contributed by atoms with E-state index in [-0.39, 0.29) is 23.0 Å². The summed E-state index contributed by atoms with van der Waals surface area (Å²) in [7, 11) is 0. The van der Waals surface area contributed by atoms with Crippen molar-refractivity contribution >= 4 is 34.8 Å². The molecule has 1 rings (SSSR count). The standard InChI is InChI=1S/C12H14Cl2N2O3/c1-8-3-9(5-10(4-8)16(18)19)11(17)15-12(2,6-13)7-14/h3-5H,6-7H2,1-2H3,(H,15,17). The first kappa shape index (κ1) is 15.7. The van der Waals surface area contributed by atoms with E-state index in [1.165, 1.54) is 12.1 Å². The summed E-state index contributed by atoms with van der Waals surface area (Å²) in [6.45, 7) is 3.39. The molecule has 0 aliphatic rings. The zero-order valence-electron chi connectivity index (χ0n) is 10.6. The van der Waals surface area contributed by atoms with Gasteiger partial charge in [-0.2, -0.15) is 0 Å². The first-order chi connectivity index (χ1) is 8.81. The number of alkyl halides is 2. The molecule has 1 aromatic rings. The van der Waals surface area contributed by atoms with Crippen LogP contribution in [0.15, 0.2) is 18.2 Å². The first-order valence-corrected chi connectivity index (χ1v) is 6.59. The quantitative estimate of drug-likeness (QED) is 0.516. The molecule has 0 fully saturated rings. The second-order valence-corrected chi connectivity index (χ2v) is 5.13. The van der Waals surface area contributed by atoms with Gasteiger partial charge in [-0.25, -0.2) is 0 Å².